The average molecular weight is 394 g/mol. The van der Waals surface area contributed by atoms with Crippen molar-refractivity contribution in [3.05, 3.63) is 64.4 Å². The summed E-state index contributed by atoms with van der Waals surface area (Å²) in [4.78, 5) is 17.0. The van der Waals surface area contributed by atoms with Crippen molar-refractivity contribution in [2.45, 2.75) is 37.6 Å². The zero-order chi connectivity index (χ0) is 19.1. The summed E-state index contributed by atoms with van der Waals surface area (Å²) >= 11 is 6.05. The second-order valence-electron chi connectivity index (χ2n) is 7.43. The van der Waals surface area contributed by atoms with Crippen molar-refractivity contribution in [2.75, 3.05) is 5.32 Å². The molecule has 0 spiro atoms. The van der Waals surface area contributed by atoms with Crippen molar-refractivity contribution >= 4 is 23.3 Å². The Hall–Kier alpha value is -2.86. The fraction of sp³-hybridized carbons (Fsp3) is 0.286. The highest BCUT2D eigenvalue weighted by molar-refractivity contribution is 6.30. The fourth-order valence-corrected chi connectivity index (χ4v) is 3.90. The summed E-state index contributed by atoms with van der Waals surface area (Å²) in [5.41, 5.74) is 4.01. The molecule has 1 fully saturated rings. The first-order chi connectivity index (χ1) is 13.7. The molecule has 2 aliphatic carbocycles. The van der Waals surface area contributed by atoms with Crippen LogP contribution in [0, 0.1) is 0 Å². The van der Waals surface area contributed by atoms with Gasteiger partial charge in [0.15, 0.2) is 5.82 Å². The first-order valence-corrected chi connectivity index (χ1v) is 9.92. The minimum Gasteiger partial charge on any atom is -0.331 e. The lowest BCUT2D eigenvalue weighted by atomic mass is 10.1. The standard InChI is InChI=1S/C21H20ClN5O/c22-15-6-9-17-14(11-15)5-10-18(17)24-21(28)23-16-7-3-13(4-8-16)20-25-19(26-27-20)12-1-2-12/h3-4,6-9,11-12,18H,1-2,5,10H2,(H2,23,24,28)(H,25,26,27). The Morgan fingerprint density at radius 3 is 2.71 bits per heavy atom. The number of hydrogen-bond donors (Lipinski definition) is 3. The number of hydrogen-bond acceptors (Lipinski definition) is 3. The van der Waals surface area contributed by atoms with Gasteiger partial charge in [0.1, 0.15) is 5.82 Å². The topological polar surface area (TPSA) is 82.7 Å². The Morgan fingerprint density at radius 2 is 1.93 bits per heavy atom. The first-order valence-electron chi connectivity index (χ1n) is 9.54. The Morgan fingerprint density at radius 1 is 1.11 bits per heavy atom. The molecule has 2 amide bonds. The van der Waals surface area contributed by atoms with Gasteiger partial charge in [-0.25, -0.2) is 9.78 Å². The maximum atomic E-state index is 12.4. The number of fused-ring (bicyclic) bond motifs is 1. The third-order valence-corrected chi connectivity index (χ3v) is 5.59. The molecule has 0 bridgehead atoms. The Kier molecular flexibility index (Phi) is 4.28. The number of nitrogens with one attached hydrogen (secondary N) is 3. The van der Waals surface area contributed by atoms with Crippen molar-refractivity contribution < 1.29 is 4.79 Å². The van der Waals surface area contributed by atoms with Gasteiger partial charge in [-0.05, 0) is 73.2 Å². The molecular formula is C21H20ClN5O. The summed E-state index contributed by atoms with van der Waals surface area (Å²) in [7, 11) is 0. The number of anilines is 1. The molecule has 0 radical (unpaired) electrons. The Labute approximate surface area is 167 Å². The van der Waals surface area contributed by atoms with E-state index < -0.39 is 0 Å². The van der Waals surface area contributed by atoms with Gasteiger partial charge in [-0.3, -0.25) is 5.10 Å². The first kappa shape index (κ1) is 17.3. The van der Waals surface area contributed by atoms with Gasteiger partial charge < -0.3 is 10.6 Å². The zero-order valence-corrected chi connectivity index (χ0v) is 16.0. The van der Waals surface area contributed by atoms with Crippen molar-refractivity contribution in [1.82, 2.24) is 20.5 Å². The second-order valence-corrected chi connectivity index (χ2v) is 7.87. The molecule has 1 saturated carbocycles. The van der Waals surface area contributed by atoms with E-state index in [0.717, 1.165) is 40.5 Å². The van der Waals surface area contributed by atoms with Crippen LogP contribution in [0.4, 0.5) is 10.5 Å². The molecule has 142 valence electrons. The number of aromatic nitrogens is 3. The second kappa shape index (κ2) is 6.95. The smallest absolute Gasteiger partial charge is 0.319 e. The largest absolute Gasteiger partial charge is 0.331 e. The minimum atomic E-state index is -0.213. The lowest BCUT2D eigenvalue weighted by Gasteiger charge is -2.15. The van der Waals surface area contributed by atoms with Crippen molar-refractivity contribution in [2.24, 2.45) is 0 Å². The summed E-state index contributed by atoms with van der Waals surface area (Å²) in [6.45, 7) is 0. The average Bonchev–Trinajstić information content (AvgIpc) is 3.30. The van der Waals surface area contributed by atoms with E-state index in [2.05, 4.69) is 25.8 Å². The molecular weight excluding hydrogens is 374 g/mol. The van der Waals surface area contributed by atoms with Gasteiger partial charge >= 0.3 is 6.03 Å². The Bertz CT molecular complexity index is 1030. The third kappa shape index (κ3) is 3.47. The van der Waals surface area contributed by atoms with Gasteiger partial charge in [-0.1, -0.05) is 17.7 Å². The molecule has 6 nitrogen and oxygen atoms in total. The van der Waals surface area contributed by atoms with Gasteiger partial charge in [0.2, 0.25) is 0 Å². The highest BCUT2D eigenvalue weighted by Crippen LogP contribution is 2.38. The van der Waals surface area contributed by atoms with Gasteiger partial charge in [0.25, 0.3) is 0 Å². The van der Waals surface area contributed by atoms with Crippen LogP contribution in [0.1, 0.15) is 48.2 Å². The van der Waals surface area contributed by atoms with Gasteiger partial charge in [-0.2, -0.15) is 5.10 Å². The molecule has 1 aromatic heterocycles. The third-order valence-electron chi connectivity index (χ3n) is 5.36. The summed E-state index contributed by atoms with van der Waals surface area (Å²) < 4.78 is 0. The molecule has 3 N–H and O–H groups in total. The molecule has 1 unspecified atom stereocenters. The predicted octanol–water partition coefficient (Wildman–Crippen LogP) is 4.81. The predicted molar refractivity (Wildman–Crippen MR) is 108 cm³/mol. The summed E-state index contributed by atoms with van der Waals surface area (Å²) in [6, 6.07) is 13.2. The van der Waals surface area contributed by atoms with Crippen LogP contribution in [0.25, 0.3) is 11.4 Å². The monoisotopic (exact) mass is 393 g/mol. The van der Waals surface area contributed by atoms with Crippen LogP contribution < -0.4 is 10.6 Å². The maximum absolute atomic E-state index is 12.4. The number of carbonyl (C=O) groups is 1. The summed E-state index contributed by atoms with van der Waals surface area (Å²) in [6.07, 6.45) is 4.18. The molecule has 5 rings (SSSR count). The number of H-pyrrole nitrogens is 1. The normalized spacial score (nSPS) is 18.0. The van der Waals surface area contributed by atoms with E-state index in [0.29, 0.717) is 11.7 Å². The number of urea groups is 1. The van der Waals surface area contributed by atoms with Crippen LogP contribution >= 0.6 is 11.6 Å². The highest BCUT2D eigenvalue weighted by Gasteiger charge is 2.27. The number of benzene rings is 2. The molecule has 28 heavy (non-hydrogen) atoms. The van der Waals surface area contributed by atoms with E-state index in [9.17, 15) is 4.79 Å². The fourth-order valence-electron chi connectivity index (χ4n) is 3.71. The SMILES string of the molecule is O=C(Nc1ccc(-c2n[nH]c(C3CC3)n2)cc1)NC1CCc2cc(Cl)ccc21. The number of rotatable bonds is 4. The molecule has 1 atom stereocenters. The van der Waals surface area contributed by atoms with Crippen molar-refractivity contribution in [3.63, 3.8) is 0 Å². The summed E-state index contributed by atoms with van der Waals surface area (Å²) in [5.74, 6) is 2.21. The highest BCUT2D eigenvalue weighted by atomic mass is 35.5. The quantitative estimate of drug-likeness (QED) is 0.594. The van der Waals surface area contributed by atoms with Gasteiger partial charge in [-0.15, -0.1) is 0 Å². The lowest BCUT2D eigenvalue weighted by molar-refractivity contribution is 0.248. The van der Waals surface area contributed by atoms with Gasteiger partial charge in [0, 0.05) is 22.2 Å². The molecule has 0 saturated heterocycles. The number of aryl methyl sites for hydroxylation is 1. The van der Waals surface area contributed by atoms with E-state index >= 15 is 0 Å². The van der Waals surface area contributed by atoms with E-state index in [4.69, 9.17) is 11.6 Å². The summed E-state index contributed by atoms with van der Waals surface area (Å²) in [5, 5.41) is 14.0. The maximum Gasteiger partial charge on any atom is 0.319 e. The van der Waals surface area contributed by atoms with E-state index in [1.807, 2.05) is 42.5 Å². The molecule has 0 aliphatic heterocycles. The van der Waals surface area contributed by atoms with Crippen molar-refractivity contribution in [1.29, 1.82) is 0 Å². The number of carbonyl (C=O) groups excluding carboxylic acids is 1. The van der Waals surface area contributed by atoms with Crippen LogP contribution in [-0.2, 0) is 6.42 Å². The van der Waals surface area contributed by atoms with Gasteiger partial charge in [0.05, 0.1) is 6.04 Å². The van der Waals surface area contributed by atoms with E-state index in [1.54, 1.807) is 0 Å². The molecule has 2 aromatic carbocycles. The van der Waals surface area contributed by atoms with Crippen LogP contribution in [0.3, 0.4) is 0 Å². The molecule has 2 aliphatic rings. The van der Waals surface area contributed by atoms with E-state index in [1.165, 1.54) is 18.4 Å². The number of amides is 2. The zero-order valence-electron chi connectivity index (χ0n) is 15.2. The number of aromatic amines is 1. The molecule has 7 heteroatoms. The number of halogens is 1. The van der Waals surface area contributed by atoms with Crippen LogP contribution in [0.5, 0.6) is 0 Å². The van der Waals surface area contributed by atoms with Crippen LogP contribution in [-0.4, -0.2) is 21.2 Å². The van der Waals surface area contributed by atoms with Crippen LogP contribution in [0.2, 0.25) is 5.02 Å². The Balaban J connectivity index is 1.22. The lowest BCUT2D eigenvalue weighted by Crippen LogP contribution is -2.31. The van der Waals surface area contributed by atoms with Crippen LogP contribution in [0.15, 0.2) is 42.5 Å². The minimum absolute atomic E-state index is 0.0145. The number of nitrogens with zero attached hydrogens (tertiary/aromatic N) is 2. The molecule has 1 heterocycles. The van der Waals surface area contributed by atoms with Crippen molar-refractivity contribution in [3.8, 4) is 11.4 Å². The van der Waals surface area contributed by atoms with E-state index in [-0.39, 0.29) is 12.1 Å². The molecule has 3 aromatic rings.